The van der Waals surface area contributed by atoms with E-state index in [0.29, 0.717) is 6.04 Å². The Bertz CT molecular complexity index is 192. The fourth-order valence-electron chi connectivity index (χ4n) is 1.49. The number of rotatable bonds is 7. The molecule has 4 N–H and O–H groups in total. The molecule has 0 saturated carbocycles. The monoisotopic (exact) mass is 215 g/mol. The SMILES string of the molecule is CCC(NC(C)CCC(C)C)C(N)=NO. The van der Waals surface area contributed by atoms with E-state index in [1.807, 2.05) is 6.92 Å². The van der Waals surface area contributed by atoms with Crippen LogP contribution in [0.4, 0.5) is 0 Å². The van der Waals surface area contributed by atoms with Crippen LogP contribution in [-0.2, 0) is 0 Å². The van der Waals surface area contributed by atoms with Crippen molar-refractivity contribution in [3.05, 3.63) is 0 Å². The Labute approximate surface area is 92.9 Å². The second kappa shape index (κ2) is 7.51. The van der Waals surface area contributed by atoms with Crippen LogP contribution in [0.3, 0.4) is 0 Å². The van der Waals surface area contributed by atoms with Gasteiger partial charge in [-0.1, -0.05) is 25.9 Å². The summed E-state index contributed by atoms with van der Waals surface area (Å²) in [4.78, 5) is 0. The van der Waals surface area contributed by atoms with Crippen molar-refractivity contribution in [2.24, 2.45) is 16.8 Å². The topological polar surface area (TPSA) is 70.6 Å². The van der Waals surface area contributed by atoms with Crippen LogP contribution in [0.25, 0.3) is 0 Å². The summed E-state index contributed by atoms with van der Waals surface area (Å²) < 4.78 is 0. The molecule has 15 heavy (non-hydrogen) atoms. The van der Waals surface area contributed by atoms with Gasteiger partial charge in [-0.2, -0.15) is 0 Å². The predicted octanol–water partition coefficient (Wildman–Crippen LogP) is 1.93. The van der Waals surface area contributed by atoms with Crippen LogP contribution in [0.15, 0.2) is 5.16 Å². The van der Waals surface area contributed by atoms with Crippen molar-refractivity contribution in [1.29, 1.82) is 0 Å². The third-order valence-corrected chi connectivity index (χ3v) is 2.54. The van der Waals surface area contributed by atoms with Crippen LogP contribution in [0, 0.1) is 5.92 Å². The van der Waals surface area contributed by atoms with E-state index in [-0.39, 0.29) is 11.9 Å². The third kappa shape index (κ3) is 6.33. The van der Waals surface area contributed by atoms with Crippen LogP contribution in [0.5, 0.6) is 0 Å². The lowest BCUT2D eigenvalue weighted by Crippen LogP contribution is -2.45. The molecule has 0 bridgehead atoms. The Morgan fingerprint density at radius 1 is 1.33 bits per heavy atom. The van der Waals surface area contributed by atoms with Gasteiger partial charge in [-0.15, -0.1) is 0 Å². The van der Waals surface area contributed by atoms with Crippen molar-refractivity contribution in [3.8, 4) is 0 Å². The molecule has 0 rings (SSSR count). The van der Waals surface area contributed by atoms with Crippen LogP contribution >= 0.6 is 0 Å². The van der Waals surface area contributed by atoms with E-state index in [1.165, 1.54) is 6.42 Å². The molecule has 0 saturated heterocycles. The van der Waals surface area contributed by atoms with Gasteiger partial charge in [0.2, 0.25) is 0 Å². The van der Waals surface area contributed by atoms with Gasteiger partial charge in [0.15, 0.2) is 5.84 Å². The van der Waals surface area contributed by atoms with Crippen molar-refractivity contribution in [2.75, 3.05) is 0 Å². The summed E-state index contributed by atoms with van der Waals surface area (Å²) in [5.41, 5.74) is 5.57. The van der Waals surface area contributed by atoms with Gasteiger partial charge in [0.1, 0.15) is 0 Å². The molecule has 4 nitrogen and oxygen atoms in total. The van der Waals surface area contributed by atoms with Crippen molar-refractivity contribution in [1.82, 2.24) is 5.32 Å². The van der Waals surface area contributed by atoms with Gasteiger partial charge in [0.05, 0.1) is 6.04 Å². The molecule has 0 aromatic heterocycles. The molecule has 2 unspecified atom stereocenters. The largest absolute Gasteiger partial charge is 0.409 e. The summed E-state index contributed by atoms with van der Waals surface area (Å²) >= 11 is 0. The number of hydrogen-bond donors (Lipinski definition) is 3. The summed E-state index contributed by atoms with van der Waals surface area (Å²) in [6.45, 7) is 8.59. The second-order valence-electron chi connectivity index (χ2n) is 4.52. The molecule has 0 aromatic carbocycles. The van der Waals surface area contributed by atoms with Crippen LogP contribution in [0.2, 0.25) is 0 Å². The minimum atomic E-state index is -0.0165. The van der Waals surface area contributed by atoms with Crippen molar-refractivity contribution in [3.63, 3.8) is 0 Å². The Morgan fingerprint density at radius 3 is 2.33 bits per heavy atom. The quantitative estimate of drug-likeness (QED) is 0.263. The van der Waals surface area contributed by atoms with Gasteiger partial charge in [0.25, 0.3) is 0 Å². The number of hydrogen-bond acceptors (Lipinski definition) is 3. The van der Waals surface area contributed by atoms with E-state index in [4.69, 9.17) is 10.9 Å². The first-order valence-electron chi connectivity index (χ1n) is 5.74. The van der Waals surface area contributed by atoms with Crippen molar-refractivity contribution >= 4 is 5.84 Å². The predicted molar refractivity (Wildman–Crippen MR) is 64.2 cm³/mol. The van der Waals surface area contributed by atoms with E-state index in [9.17, 15) is 0 Å². The Balaban J connectivity index is 3.96. The molecular weight excluding hydrogens is 190 g/mol. The highest BCUT2D eigenvalue weighted by atomic mass is 16.4. The molecule has 0 radical (unpaired) electrons. The summed E-state index contributed by atoms with van der Waals surface area (Å²) in [6, 6.07) is 0.384. The highest BCUT2D eigenvalue weighted by Gasteiger charge is 2.14. The average Bonchev–Trinajstić information content (AvgIpc) is 2.21. The first-order chi connectivity index (χ1) is 7.01. The standard InChI is InChI=1S/C11H25N3O/c1-5-10(11(12)14-15)13-9(4)7-6-8(2)3/h8-10,13,15H,5-7H2,1-4H3,(H2,12,14). The normalized spacial score (nSPS) is 16.7. The zero-order valence-corrected chi connectivity index (χ0v) is 10.3. The molecule has 0 amide bonds. The smallest absolute Gasteiger partial charge is 0.156 e. The first kappa shape index (κ1) is 14.2. The second-order valence-corrected chi connectivity index (χ2v) is 4.52. The lowest BCUT2D eigenvalue weighted by Gasteiger charge is -2.21. The number of amidine groups is 1. The minimum absolute atomic E-state index is 0.0165. The Morgan fingerprint density at radius 2 is 1.93 bits per heavy atom. The number of nitrogens with two attached hydrogens (primary N) is 1. The average molecular weight is 215 g/mol. The zero-order valence-electron chi connectivity index (χ0n) is 10.3. The number of oxime groups is 1. The van der Waals surface area contributed by atoms with E-state index in [1.54, 1.807) is 0 Å². The molecule has 2 atom stereocenters. The van der Waals surface area contributed by atoms with E-state index >= 15 is 0 Å². The maximum atomic E-state index is 8.59. The summed E-state index contributed by atoms with van der Waals surface area (Å²) in [6.07, 6.45) is 3.15. The highest BCUT2D eigenvalue weighted by Crippen LogP contribution is 2.07. The molecule has 4 heteroatoms. The van der Waals surface area contributed by atoms with Gasteiger partial charge in [-0.3, -0.25) is 0 Å². The van der Waals surface area contributed by atoms with Gasteiger partial charge in [0, 0.05) is 6.04 Å². The van der Waals surface area contributed by atoms with Gasteiger partial charge >= 0.3 is 0 Å². The number of nitrogens with one attached hydrogen (secondary N) is 1. The summed E-state index contributed by atoms with van der Waals surface area (Å²) in [5, 5.41) is 15.0. The molecule has 0 aliphatic heterocycles. The molecular formula is C11H25N3O. The van der Waals surface area contributed by atoms with Crippen molar-refractivity contribution in [2.45, 2.75) is 59.0 Å². The molecule has 0 aromatic rings. The van der Waals surface area contributed by atoms with E-state index < -0.39 is 0 Å². The Hall–Kier alpha value is -0.770. The number of nitrogens with zero attached hydrogens (tertiary/aromatic N) is 1. The van der Waals surface area contributed by atoms with Crippen LogP contribution in [0.1, 0.15) is 47.0 Å². The van der Waals surface area contributed by atoms with E-state index in [2.05, 4.69) is 31.2 Å². The lowest BCUT2D eigenvalue weighted by molar-refractivity contribution is 0.312. The summed E-state index contributed by atoms with van der Waals surface area (Å²) in [5.74, 6) is 0.993. The van der Waals surface area contributed by atoms with Gasteiger partial charge < -0.3 is 16.3 Å². The molecule has 0 spiro atoms. The molecule has 0 heterocycles. The van der Waals surface area contributed by atoms with Gasteiger partial charge in [-0.25, -0.2) is 0 Å². The zero-order chi connectivity index (χ0) is 11.8. The molecule has 0 aliphatic carbocycles. The molecule has 0 aliphatic rings. The van der Waals surface area contributed by atoms with E-state index in [0.717, 1.165) is 18.8 Å². The summed E-state index contributed by atoms with van der Waals surface area (Å²) in [7, 11) is 0. The highest BCUT2D eigenvalue weighted by molar-refractivity contribution is 5.85. The molecule has 0 fully saturated rings. The maximum absolute atomic E-state index is 8.59. The maximum Gasteiger partial charge on any atom is 0.156 e. The molecule has 90 valence electrons. The van der Waals surface area contributed by atoms with Crippen LogP contribution in [-0.4, -0.2) is 23.1 Å². The lowest BCUT2D eigenvalue weighted by atomic mass is 10.0. The Kier molecular flexibility index (Phi) is 7.13. The van der Waals surface area contributed by atoms with Crippen molar-refractivity contribution < 1.29 is 5.21 Å². The first-order valence-corrected chi connectivity index (χ1v) is 5.74. The van der Waals surface area contributed by atoms with Crippen LogP contribution < -0.4 is 11.1 Å². The minimum Gasteiger partial charge on any atom is -0.409 e. The third-order valence-electron chi connectivity index (χ3n) is 2.54. The fourth-order valence-corrected chi connectivity index (χ4v) is 1.49. The van der Waals surface area contributed by atoms with Gasteiger partial charge in [-0.05, 0) is 32.1 Å². The fraction of sp³-hybridized carbons (Fsp3) is 0.909.